The molecule has 0 atom stereocenters. The van der Waals surface area contributed by atoms with Gasteiger partial charge >= 0.3 is 6.09 Å². The van der Waals surface area contributed by atoms with E-state index in [4.69, 9.17) is 4.74 Å². The lowest BCUT2D eigenvalue weighted by molar-refractivity contribution is -0.117. The van der Waals surface area contributed by atoms with Crippen LogP contribution in [0.5, 0.6) is 0 Å². The van der Waals surface area contributed by atoms with Gasteiger partial charge in [-0.3, -0.25) is 4.79 Å². The summed E-state index contributed by atoms with van der Waals surface area (Å²) >= 11 is 3.37. The molecule has 24 heavy (non-hydrogen) atoms. The number of carbonyl (C=O) groups is 2. The molecule has 2 rings (SSSR count). The zero-order chi connectivity index (χ0) is 17.8. The second-order valence-corrected chi connectivity index (χ2v) is 8.26. The van der Waals surface area contributed by atoms with Gasteiger partial charge in [0.25, 0.3) is 0 Å². The van der Waals surface area contributed by atoms with E-state index >= 15 is 0 Å². The third kappa shape index (κ3) is 5.82. The molecule has 0 aliphatic heterocycles. The van der Waals surface area contributed by atoms with Crippen molar-refractivity contribution in [2.45, 2.75) is 64.0 Å². The Kier molecular flexibility index (Phi) is 5.91. The van der Waals surface area contributed by atoms with Crippen LogP contribution in [0.15, 0.2) is 28.7 Å². The normalized spacial score (nSPS) is 16.5. The first kappa shape index (κ1) is 18.8. The highest BCUT2D eigenvalue weighted by atomic mass is 79.9. The van der Waals surface area contributed by atoms with Crippen LogP contribution in [0.1, 0.15) is 52.9 Å². The summed E-state index contributed by atoms with van der Waals surface area (Å²) in [5, 5.41) is 5.84. The van der Waals surface area contributed by atoms with Gasteiger partial charge in [0, 0.05) is 10.2 Å². The van der Waals surface area contributed by atoms with Crippen LogP contribution in [0.2, 0.25) is 0 Å². The number of rotatable bonds is 4. The Hall–Kier alpha value is -1.56. The topological polar surface area (TPSA) is 67.4 Å². The standard InChI is InChI=1S/C18H25BrN2O3/c1-17(2,3)24-16(23)21-18(10-4-5-11-18)12-15(22)20-14-8-6-13(19)7-9-14/h6-9H,4-5,10-12H2,1-3H3,(H,20,22)(H,21,23). The van der Waals surface area contributed by atoms with Gasteiger partial charge in [-0.2, -0.15) is 0 Å². The number of hydrogen-bond donors (Lipinski definition) is 2. The van der Waals surface area contributed by atoms with Crippen molar-refractivity contribution in [3.8, 4) is 0 Å². The highest BCUT2D eigenvalue weighted by Crippen LogP contribution is 2.33. The molecule has 1 aliphatic carbocycles. The monoisotopic (exact) mass is 396 g/mol. The molecule has 1 aromatic carbocycles. The molecule has 132 valence electrons. The van der Waals surface area contributed by atoms with Crippen LogP contribution in [0.25, 0.3) is 0 Å². The zero-order valence-corrected chi connectivity index (χ0v) is 16.0. The third-order valence-electron chi connectivity index (χ3n) is 3.95. The summed E-state index contributed by atoms with van der Waals surface area (Å²) in [5.74, 6) is -0.102. The summed E-state index contributed by atoms with van der Waals surface area (Å²) in [6.07, 6.45) is 3.38. The van der Waals surface area contributed by atoms with Crippen molar-refractivity contribution in [1.82, 2.24) is 5.32 Å². The molecule has 2 amide bonds. The van der Waals surface area contributed by atoms with Crippen molar-refractivity contribution in [3.05, 3.63) is 28.7 Å². The number of ether oxygens (including phenoxy) is 1. The zero-order valence-electron chi connectivity index (χ0n) is 14.4. The molecule has 1 saturated carbocycles. The van der Waals surface area contributed by atoms with Crippen LogP contribution >= 0.6 is 15.9 Å². The number of carbonyl (C=O) groups excluding carboxylic acids is 2. The van der Waals surface area contributed by atoms with Crippen LogP contribution in [-0.4, -0.2) is 23.1 Å². The van der Waals surface area contributed by atoms with Crippen molar-refractivity contribution in [3.63, 3.8) is 0 Å². The summed E-state index contributed by atoms with van der Waals surface area (Å²) in [6.45, 7) is 5.48. The number of alkyl carbamates (subject to hydrolysis) is 1. The summed E-state index contributed by atoms with van der Waals surface area (Å²) < 4.78 is 6.31. The number of anilines is 1. The lowest BCUT2D eigenvalue weighted by Gasteiger charge is -2.31. The first-order valence-corrected chi connectivity index (χ1v) is 9.03. The minimum absolute atomic E-state index is 0.102. The van der Waals surface area contributed by atoms with Crippen LogP contribution in [0.3, 0.4) is 0 Å². The minimum Gasteiger partial charge on any atom is -0.444 e. The smallest absolute Gasteiger partial charge is 0.408 e. The molecule has 5 nitrogen and oxygen atoms in total. The van der Waals surface area contributed by atoms with E-state index < -0.39 is 17.2 Å². The molecule has 1 aromatic rings. The predicted molar refractivity (Wildman–Crippen MR) is 98.0 cm³/mol. The molecular weight excluding hydrogens is 372 g/mol. The van der Waals surface area contributed by atoms with Gasteiger partial charge in [-0.05, 0) is 57.9 Å². The number of hydrogen-bond acceptors (Lipinski definition) is 3. The molecular formula is C18H25BrN2O3. The summed E-state index contributed by atoms with van der Waals surface area (Å²) in [7, 11) is 0. The van der Waals surface area contributed by atoms with Gasteiger partial charge in [-0.1, -0.05) is 28.8 Å². The van der Waals surface area contributed by atoms with Gasteiger partial charge in [0.05, 0.1) is 12.0 Å². The second kappa shape index (κ2) is 7.55. The third-order valence-corrected chi connectivity index (χ3v) is 4.48. The Morgan fingerprint density at radius 1 is 1.17 bits per heavy atom. The SMILES string of the molecule is CC(C)(C)OC(=O)NC1(CC(=O)Nc2ccc(Br)cc2)CCCC1. The fraction of sp³-hybridized carbons (Fsp3) is 0.556. The average Bonchev–Trinajstić information content (AvgIpc) is 2.87. The molecule has 1 fully saturated rings. The molecule has 0 bridgehead atoms. The largest absolute Gasteiger partial charge is 0.444 e. The maximum atomic E-state index is 12.4. The molecule has 0 saturated heterocycles. The van der Waals surface area contributed by atoms with Crippen molar-refractivity contribution in [2.24, 2.45) is 0 Å². The quantitative estimate of drug-likeness (QED) is 0.780. The van der Waals surface area contributed by atoms with Gasteiger partial charge in [0.2, 0.25) is 5.91 Å². The van der Waals surface area contributed by atoms with Gasteiger partial charge in [0.15, 0.2) is 0 Å². The Morgan fingerprint density at radius 3 is 2.29 bits per heavy atom. The molecule has 0 spiro atoms. The fourth-order valence-electron chi connectivity index (χ4n) is 2.96. The number of amides is 2. The summed E-state index contributed by atoms with van der Waals surface area (Å²) in [4.78, 5) is 24.5. The van der Waals surface area contributed by atoms with Crippen molar-refractivity contribution in [1.29, 1.82) is 0 Å². The Morgan fingerprint density at radius 2 is 1.75 bits per heavy atom. The first-order valence-electron chi connectivity index (χ1n) is 8.24. The Bertz CT molecular complexity index is 587. The van der Waals surface area contributed by atoms with Gasteiger partial charge in [-0.25, -0.2) is 4.79 Å². The van der Waals surface area contributed by atoms with Gasteiger partial charge in [0.1, 0.15) is 5.60 Å². The Labute approximate surface area is 151 Å². The highest BCUT2D eigenvalue weighted by Gasteiger charge is 2.38. The highest BCUT2D eigenvalue weighted by molar-refractivity contribution is 9.10. The van der Waals surface area contributed by atoms with Crippen LogP contribution in [0.4, 0.5) is 10.5 Å². The molecule has 0 aromatic heterocycles. The molecule has 0 heterocycles. The average molecular weight is 397 g/mol. The van der Waals surface area contributed by atoms with E-state index in [0.717, 1.165) is 35.8 Å². The van der Waals surface area contributed by atoms with Crippen LogP contribution in [-0.2, 0) is 9.53 Å². The van der Waals surface area contributed by atoms with E-state index in [2.05, 4.69) is 26.6 Å². The van der Waals surface area contributed by atoms with Crippen molar-refractivity contribution >= 4 is 33.6 Å². The second-order valence-electron chi connectivity index (χ2n) is 7.35. The molecule has 2 N–H and O–H groups in total. The van der Waals surface area contributed by atoms with E-state index in [1.165, 1.54) is 0 Å². The summed E-state index contributed by atoms with van der Waals surface area (Å²) in [6, 6.07) is 7.43. The number of benzene rings is 1. The fourth-order valence-corrected chi connectivity index (χ4v) is 3.23. The van der Waals surface area contributed by atoms with E-state index in [9.17, 15) is 9.59 Å². The minimum atomic E-state index is -0.552. The molecule has 6 heteroatoms. The predicted octanol–water partition coefficient (Wildman–Crippen LogP) is 4.62. The van der Waals surface area contributed by atoms with E-state index in [-0.39, 0.29) is 12.3 Å². The Balaban J connectivity index is 1.98. The van der Waals surface area contributed by atoms with Crippen molar-refractivity contribution in [2.75, 3.05) is 5.32 Å². The molecule has 0 unspecified atom stereocenters. The van der Waals surface area contributed by atoms with Crippen LogP contribution in [0, 0.1) is 0 Å². The lowest BCUT2D eigenvalue weighted by atomic mass is 9.93. The summed E-state index contributed by atoms with van der Waals surface area (Å²) in [5.41, 5.74) is -0.320. The van der Waals surface area contributed by atoms with Gasteiger partial charge < -0.3 is 15.4 Å². The lowest BCUT2D eigenvalue weighted by Crippen LogP contribution is -2.50. The van der Waals surface area contributed by atoms with E-state index in [1.807, 2.05) is 45.0 Å². The number of halogens is 1. The van der Waals surface area contributed by atoms with E-state index in [0.29, 0.717) is 0 Å². The molecule has 0 radical (unpaired) electrons. The van der Waals surface area contributed by atoms with Gasteiger partial charge in [-0.15, -0.1) is 0 Å². The first-order chi connectivity index (χ1) is 11.2. The maximum Gasteiger partial charge on any atom is 0.408 e. The van der Waals surface area contributed by atoms with E-state index in [1.54, 1.807) is 0 Å². The van der Waals surface area contributed by atoms with Crippen molar-refractivity contribution < 1.29 is 14.3 Å². The van der Waals surface area contributed by atoms with Crippen LogP contribution < -0.4 is 10.6 Å². The maximum absolute atomic E-state index is 12.4. The molecule has 1 aliphatic rings. The number of nitrogens with one attached hydrogen (secondary N) is 2.